The SMILES string of the molecule is CC(Oc1cccc(Cl)c1)C(N)Cc1ccccn1. The van der Waals surface area contributed by atoms with Gasteiger partial charge in [0.15, 0.2) is 0 Å². The van der Waals surface area contributed by atoms with Gasteiger partial charge in [0.2, 0.25) is 0 Å². The van der Waals surface area contributed by atoms with Crippen LogP contribution in [0.2, 0.25) is 5.02 Å². The number of rotatable bonds is 5. The van der Waals surface area contributed by atoms with E-state index in [0.717, 1.165) is 11.4 Å². The van der Waals surface area contributed by atoms with Gasteiger partial charge >= 0.3 is 0 Å². The van der Waals surface area contributed by atoms with Crippen molar-refractivity contribution in [3.8, 4) is 5.75 Å². The zero-order valence-corrected chi connectivity index (χ0v) is 11.5. The van der Waals surface area contributed by atoms with Crippen molar-refractivity contribution in [1.29, 1.82) is 0 Å². The van der Waals surface area contributed by atoms with E-state index in [-0.39, 0.29) is 12.1 Å². The monoisotopic (exact) mass is 276 g/mol. The van der Waals surface area contributed by atoms with E-state index in [2.05, 4.69) is 4.98 Å². The van der Waals surface area contributed by atoms with Crippen LogP contribution >= 0.6 is 11.6 Å². The molecule has 2 aromatic rings. The van der Waals surface area contributed by atoms with Gasteiger partial charge in [-0.3, -0.25) is 4.98 Å². The highest BCUT2D eigenvalue weighted by Gasteiger charge is 2.15. The molecule has 0 amide bonds. The normalized spacial score (nSPS) is 13.8. The lowest BCUT2D eigenvalue weighted by Gasteiger charge is -2.21. The van der Waals surface area contributed by atoms with Gasteiger partial charge in [-0.1, -0.05) is 23.7 Å². The Morgan fingerprint density at radius 1 is 1.26 bits per heavy atom. The van der Waals surface area contributed by atoms with Crippen LogP contribution in [0.25, 0.3) is 0 Å². The maximum atomic E-state index is 6.14. The average Bonchev–Trinajstić information content (AvgIpc) is 2.40. The van der Waals surface area contributed by atoms with E-state index in [9.17, 15) is 0 Å². The third-order valence-electron chi connectivity index (χ3n) is 2.89. The summed E-state index contributed by atoms with van der Waals surface area (Å²) < 4.78 is 5.79. The molecule has 0 radical (unpaired) electrons. The average molecular weight is 277 g/mol. The minimum absolute atomic E-state index is 0.111. The van der Waals surface area contributed by atoms with Crippen molar-refractivity contribution in [2.75, 3.05) is 0 Å². The number of nitrogens with zero attached hydrogens (tertiary/aromatic N) is 1. The van der Waals surface area contributed by atoms with Crippen molar-refractivity contribution in [1.82, 2.24) is 4.98 Å². The Balaban J connectivity index is 1.94. The number of halogens is 1. The lowest BCUT2D eigenvalue weighted by atomic mass is 10.1. The maximum Gasteiger partial charge on any atom is 0.121 e. The number of hydrogen-bond donors (Lipinski definition) is 1. The van der Waals surface area contributed by atoms with E-state index in [1.165, 1.54) is 0 Å². The first-order valence-electron chi connectivity index (χ1n) is 6.23. The highest BCUT2D eigenvalue weighted by Crippen LogP contribution is 2.19. The van der Waals surface area contributed by atoms with E-state index >= 15 is 0 Å². The van der Waals surface area contributed by atoms with E-state index in [1.54, 1.807) is 12.3 Å². The highest BCUT2D eigenvalue weighted by molar-refractivity contribution is 6.30. The van der Waals surface area contributed by atoms with Crippen molar-refractivity contribution >= 4 is 11.6 Å². The smallest absolute Gasteiger partial charge is 0.121 e. The number of ether oxygens (including phenoxy) is 1. The van der Waals surface area contributed by atoms with Crippen LogP contribution in [0.3, 0.4) is 0 Å². The van der Waals surface area contributed by atoms with Crippen LogP contribution in [0.4, 0.5) is 0 Å². The van der Waals surface area contributed by atoms with Crippen molar-refractivity contribution in [3.05, 3.63) is 59.4 Å². The first kappa shape index (κ1) is 13.8. The van der Waals surface area contributed by atoms with Gasteiger partial charge in [-0.15, -0.1) is 0 Å². The zero-order valence-electron chi connectivity index (χ0n) is 10.8. The number of aromatic nitrogens is 1. The van der Waals surface area contributed by atoms with E-state index < -0.39 is 0 Å². The summed E-state index contributed by atoms with van der Waals surface area (Å²) in [6.45, 7) is 1.95. The summed E-state index contributed by atoms with van der Waals surface area (Å²) in [5.41, 5.74) is 7.11. The van der Waals surface area contributed by atoms with Gasteiger partial charge in [-0.2, -0.15) is 0 Å². The number of pyridine rings is 1. The minimum Gasteiger partial charge on any atom is -0.489 e. The Morgan fingerprint density at radius 2 is 2.11 bits per heavy atom. The topological polar surface area (TPSA) is 48.1 Å². The van der Waals surface area contributed by atoms with E-state index in [0.29, 0.717) is 11.4 Å². The number of benzene rings is 1. The third kappa shape index (κ3) is 4.23. The minimum atomic E-state index is -0.117. The molecule has 2 atom stereocenters. The van der Waals surface area contributed by atoms with Gasteiger partial charge in [0.1, 0.15) is 11.9 Å². The van der Waals surface area contributed by atoms with Gasteiger partial charge in [0.25, 0.3) is 0 Å². The Labute approximate surface area is 118 Å². The third-order valence-corrected chi connectivity index (χ3v) is 3.13. The lowest BCUT2D eigenvalue weighted by Crippen LogP contribution is -2.38. The largest absolute Gasteiger partial charge is 0.489 e. The molecule has 0 spiro atoms. The van der Waals surface area contributed by atoms with Crippen molar-refractivity contribution in [2.24, 2.45) is 5.73 Å². The molecule has 1 heterocycles. The molecule has 0 saturated carbocycles. The Morgan fingerprint density at radius 3 is 2.79 bits per heavy atom. The van der Waals surface area contributed by atoms with Crippen LogP contribution in [0.5, 0.6) is 5.75 Å². The van der Waals surface area contributed by atoms with Gasteiger partial charge in [0.05, 0.1) is 0 Å². The number of hydrogen-bond acceptors (Lipinski definition) is 3. The summed E-state index contributed by atoms with van der Waals surface area (Å²) in [6, 6.07) is 13.0. The zero-order chi connectivity index (χ0) is 13.7. The van der Waals surface area contributed by atoms with Gasteiger partial charge in [0, 0.05) is 29.4 Å². The molecule has 19 heavy (non-hydrogen) atoms. The first-order valence-corrected chi connectivity index (χ1v) is 6.60. The molecule has 1 aromatic carbocycles. The molecule has 3 nitrogen and oxygen atoms in total. The predicted molar refractivity (Wildman–Crippen MR) is 77.5 cm³/mol. The van der Waals surface area contributed by atoms with E-state index in [1.807, 2.05) is 43.3 Å². The Bertz CT molecular complexity index is 519. The molecular formula is C15H17ClN2O. The standard InChI is InChI=1S/C15H17ClN2O/c1-11(19-14-7-4-5-12(16)9-14)15(17)10-13-6-2-3-8-18-13/h2-9,11,15H,10,17H2,1H3. The summed E-state index contributed by atoms with van der Waals surface area (Å²) in [5.74, 6) is 0.733. The fourth-order valence-electron chi connectivity index (χ4n) is 1.77. The van der Waals surface area contributed by atoms with Gasteiger partial charge in [-0.25, -0.2) is 0 Å². The van der Waals surface area contributed by atoms with E-state index in [4.69, 9.17) is 22.1 Å². The van der Waals surface area contributed by atoms with Crippen LogP contribution in [-0.4, -0.2) is 17.1 Å². The number of nitrogens with two attached hydrogens (primary N) is 1. The summed E-state index contributed by atoms with van der Waals surface area (Å²) >= 11 is 5.92. The second-order valence-corrected chi connectivity index (χ2v) is 4.91. The fourth-order valence-corrected chi connectivity index (χ4v) is 1.95. The molecule has 100 valence electrons. The highest BCUT2D eigenvalue weighted by atomic mass is 35.5. The second-order valence-electron chi connectivity index (χ2n) is 4.47. The van der Waals surface area contributed by atoms with Crippen molar-refractivity contribution < 1.29 is 4.74 Å². The first-order chi connectivity index (χ1) is 9.15. The summed E-state index contributed by atoms with van der Waals surface area (Å²) in [4.78, 5) is 4.27. The molecule has 0 aliphatic rings. The van der Waals surface area contributed by atoms with Crippen LogP contribution in [0.15, 0.2) is 48.7 Å². The summed E-state index contributed by atoms with van der Waals surface area (Å²) in [5, 5.41) is 0.656. The van der Waals surface area contributed by atoms with Crippen LogP contribution < -0.4 is 10.5 Å². The predicted octanol–water partition coefficient (Wildman–Crippen LogP) is 3.07. The van der Waals surface area contributed by atoms with Gasteiger partial charge in [-0.05, 0) is 37.3 Å². The maximum absolute atomic E-state index is 6.14. The Hall–Kier alpha value is -1.58. The van der Waals surface area contributed by atoms with Crippen molar-refractivity contribution in [3.63, 3.8) is 0 Å². The summed E-state index contributed by atoms with van der Waals surface area (Å²) in [7, 11) is 0. The lowest BCUT2D eigenvalue weighted by molar-refractivity contribution is 0.188. The molecule has 2 N–H and O–H groups in total. The molecule has 4 heteroatoms. The quantitative estimate of drug-likeness (QED) is 0.913. The molecule has 2 rings (SSSR count). The van der Waals surface area contributed by atoms with Crippen molar-refractivity contribution in [2.45, 2.75) is 25.5 Å². The molecule has 0 fully saturated rings. The molecule has 0 bridgehead atoms. The molecular weight excluding hydrogens is 260 g/mol. The van der Waals surface area contributed by atoms with Gasteiger partial charge < -0.3 is 10.5 Å². The molecule has 0 aliphatic carbocycles. The second kappa shape index (κ2) is 6.55. The van der Waals surface area contributed by atoms with Crippen LogP contribution in [-0.2, 0) is 6.42 Å². The molecule has 0 saturated heterocycles. The summed E-state index contributed by atoms with van der Waals surface area (Å²) in [6.07, 6.45) is 2.34. The Kier molecular flexibility index (Phi) is 4.77. The molecule has 0 aliphatic heterocycles. The molecule has 2 unspecified atom stereocenters. The van der Waals surface area contributed by atoms with Crippen LogP contribution in [0.1, 0.15) is 12.6 Å². The molecule has 1 aromatic heterocycles. The van der Waals surface area contributed by atoms with Crippen LogP contribution in [0, 0.1) is 0 Å². The fraction of sp³-hybridized carbons (Fsp3) is 0.267.